The summed E-state index contributed by atoms with van der Waals surface area (Å²) in [6.07, 6.45) is 0. The molecular formula is C11H12ClNO5. The molecule has 0 heterocycles. The van der Waals surface area contributed by atoms with Gasteiger partial charge in [-0.2, -0.15) is 0 Å². The number of nitro benzene ring substituents is 1. The maximum atomic E-state index is 10.9. The van der Waals surface area contributed by atoms with E-state index in [1.165, 1.54) is 6.07 Å². The molecule has 0 aliphatic rings. The van der Waals surface area contributed by atoms with Crippen molar-refractivity contribution in [2.24, 2.45) is 0 Å². The van der Waals surface area contributed by atoms with E-state index in [1.807, 2.05) is 0 Å². The number of hydrogen-bond acceptors (Lipinski definition) is 4. The predicted octanol–water partition coefficient (Wildman–Crippen LogP) is 2.28. The van der Waals surface area contributed by atoms with Gasteiger partial charge < -0.3 is 9.84 Å². The maximum absolute atomic E-state index is 10.9. The molecular weight excluding hydrogens is 262 g/mol. The molecule has 1 N–H and O–H groups in total. The number of carbonyl (C=O) groups is 1. The molecule has 0 spiro atoms. The number of benzene rings is 1. The Morgan fingerprint density at radius 1 is 1.56 bits per heavy atom. The fourth-order valence-electron chi connectivity index (χ4n) is 1.48. The number of alkyl halides is 1. The molecule has 0 saturated heterocycles. The first kappa shape index (κ1) is 14.2. The van der Waals surface area contributed by atoms with Crippen LogP contribution in [0.5, 0.6) is 5.75 Å². The van der Waals surface area contributed by atoms with Crippen molar-refractivity contribution in [3.63, 3.8) is 0 Å². The van der Waals surface area contributed by atoms with Gasteiger partial charge in [0.25, 0.3) is 0 Å². The van der Waals surface area contributed by atoms with Gasteiger partial charge in [0.15, 0.2) is 11.1 Å². The van der Waals surface area contributed by atoms with Crippen molar-refractivity contribution in [3.8, 4) is 5.75 Å². The van der Waals surface area contributed by atoms with Gasteiger partial charge >= 0.3 is 11.7 Å². The molecule has 1 aromatic rings. The number of carboxylic acids is 1. The smallest absolute Gasteiger partial charge is 0.325 e. The zero-order valence-electron chi connectivity index (χ0n) is 9.84. The van der Waals surface area contributed by atoms with Crippen LogP contribution in [0.3, 0.4) is 0 Å². The van der Waals surface area contributed by atoms with E-state index in [9.17, 15) is 14.9 Å². The van der Waals surface area contributed by atoms with Gasteiger partial charge in [-0.1, -0.05) is 6.07 Å². The summed E-state index contributed by atoms with van der Waals surface area (Å²) in [5, 5.41) is 18.2. The van der Waals surface area contributed by atoms with Gasteiger partial charge in [-0.05, 0) is 25.0 Å². The van der Waals surface area contributed by atoms with Crippen LogP contribution in [0.15, 0.2) is 12.1 Å². The molecule has 0 aromatic heterocycles. The van der Waals surface area contributed by atoms with Crippen LogP contribution in [-0.2, 0) is 4.79 Å². The van der Waals surface area contributed by atoms with Crippen LogP contribution >= 0.6 is 11.6 Å². The second kappa shape index (κ2) is 5.68. The molecule has 6 nitrogen and oxygen atoms in total. The molecule has 0 amide bonds. The fourth-order valence-corrected chi connectivity index (χ4v) is 1.55. The van der Waals surface area contributed by atoms with E-state index >= 15 is 0 Å². The van der Waals surface area contributed by atoms with Crippen molar-refractivity contribution in [2.75, 3.05) is 6.61 Å². The summed E-state index contributed by atoms with van der Waals surface area (Å²) in [4.78, 5) is 20.8. The predicted molar refractivity (Wildman–Crippen MR) is 65.3 cm³/mol. The Kier molecular flexibility index (Phi) is 4.49. The number of nitro groups is 1. The van der Waals surface area contributed by atoms with Gasteiger partial charge in [0, 0.05) is 6.07 Å². The molecule has 1 rings (SSSR count). The van der Waals surface area contributed by atoms with Crippen LogP contribution in [0.25, 0.3) is 0 Å². The number of aryl methyl sites for hydroxylation is 2. The Labute approximate surface area is 108 Å². The molecule has 7 heteroatoms. The molecule has 0 fully saturated rings. The third-order valence-corrected chi connectivity index (χ3v) is 2.55. The second-order valence-corrected chi connectivity index (χ2v) is 4.33. The Morgan fingerprint density at radius 3 is 2.67 bits per heavy atom. The van der Waals surface area contributed by atoms with Crippen molar-refractivity contribution < 1.29 is 19.6 Å². The molecule has 1 aromatic carbocycles. The molecule has 0 radical (unpaired) electrons. The summed E-state index contributed by atoms with van der Waals surface area (Å²) < 4.78 is 5.15. The molecule has 0 saturated carbocycles. The van der Waals surface area contributed by atoms with Crippen molar-refractivity contribution in [3.05, 3.63) is 33.4 Å². The highest BCUT2D eigenvalue weighted by Crippen LogP contribution is 2.32. The summed E-state index contributed by atoms with van der Waals surface area (Å²) >= 11 is 5.49. The lowest BCUT2D eigenvalue weighted by atomic mass is 10.1. The third-order valence-electron chi connectivity index (χ3n) is 2.24. The number of hydrogen-bond donors (Lipinski definition) is 1. The topological polar surface area (TPSA) is 89.7 Å². The van der Waals surface area contributed by atoms with Crippen LogP contribution < -0.4 is 4.74 Å². The quantitative estimate of drug-likeness (QED) is 0.505. The second-order valence-electron chi connectivity index (χ2n) is 3.80. The summed E-state index contributed by atoms with van der Waals surface area (Å²) in [6.45, 7) is 3.05. The number of halogens is 1. The van der Waals surface area contributed by atoms with E-state index in [0.29, 0.717) is 5.56 Å². The SMILES string of the molecule is Cc1cc(C)c(OCC(Cl)C(=O)O)c([N+](=O)[O-])c1. The van der Waals surface area contributed by atoms with Crippen LogP contribution in [0.2, 0.25) is 0 Å². The van der Waals surface area contributed by atoms with E-state index in [4.69, 9.17) is 21.4 Å². The van der Waals surface area contributed by atoms with Crippen LogP contribution in [0.4, 0.5) is 5.69 Å². The molecule has 0 aliphatic heterocycles. The molecule has 98 valence electrons. The van der Waals surface area contributed by atoms with E-state index in [-0.39, 0.29) is 18.0 Å². The average molecular weight is 274 g/mol. The number of ether oxygens (including phenoxy) is 1. The number of aliphatic carboxylic acids is 1. The summed E-state index contributed by atoms with van der Waals surface area (Å²) in [6, 6.07) is 3.08. The van der Waals surface area contributed by atoms with Gasteiger partial charge in [0.1, 0.15) is 6.61 Å². The van der Waals surface area contributed by atoms with E-state index in [0.717, 1.165) is 5.56 Å². The van der Waals surface area contributed by atoms with Crippen molar-refractivity contribution in [1.29, 1.82) is 0 Å². The van der Waals surface area contributed by atoms with Crippen LogP contribution in [0, 0.1) is 24.0 Å². The first-order valence-corrected chi connectivity index (χ1v) is 5.52. The highest BCUT2D eigenvalue weighted by atomic mass is 35.5. The maximum Gasteiger partial charge on any atom is 0.325 e. The summed E-state index contributed by atoms with van der Waals surface area (Å²) in [5.41, 5.74) is 1.10. The Bertz CT molecular complexity index is 489. The zero-order chi connectivity index (χ0) is 13.9. The van der Waals surface area contributed by atoms with Crippen molar-refractivity contribution in [1.82, 2.24) is 0 Å². The minimum Gasteiger partial charge on any atom is -0.484 e. The number of rotatable bonds is 5. The lowest BCUT2D eigenvalue weighted by Crippen LogP contribution is -2.22. The highest BCUT2D eigenvalue weighted by molar-refractivity contribution is 6.29. The largest absolute Gasteiger partial charge is 0.484 e. The number of nitrogens with zero attached hydrogens (tertiary/aromatic N) is 1. The molecule has 18 heavy (non-hydrogen) atoms. The van der Waals surface area contributed by atoms with Gasteiger partial charge in [0.05, 0.1) is 4.92 Å². The fraction of sp³-hybridized carbons (Fsp3) is 0.364. The third kappa shape index (κ3) is 3.33. The molecule has 0 bridgehead atoms. The Balaban J connectivity index is 3.00. The first-order chi connectivity index (χ1) is 8.32. The summed E-state index contributed by atoms with van der Waals surface area (Å²) in [7, 11) is 0. The molecule has 1 unspecified atom stereocenters. The normalized spacial score (nSPS) is 11.9. The van der Waals surface area contributed by atoms with Crippen molar-refractivity contribution >= 4 is 23.3 Å². The lowest BCUT2D eigenvalue weighted by Gasteiger charge is -2.11. The molecule has 0 aliphatic carbocycles. The molecule has 1 atom stereocenters. The summed E-state index contributed by atoms with van der Waals surface area (Å²) in [5.74, 6) is -1.18. The minimum atomic E-state index is -1.25. The highest BCUT2D eigenvalue weighted by Gasteiger charge is 2.21. The van der Waals surface area contributed by atoms with Gasteiger partial charge in [0.2, 0.25) is 0 Å². The Morgan fingerprint density at radius 2 is 2.17 bits per heavy atom. The number of carboxylic acid groups (broad SMARTS) is 1. The monoisotopic (exact) mass is 273 g/mol. The van der Waals surface area contributed by atoms with Crippen molar-refractivity contribution in [2.45, 2.75) is 19.2 Å². The first-order valence-electron chi connectivity index (χ1n) is 5.08. The van der Waals surface area contributed by atoms with E-state index in [1.54, 1.807) is 19.9 Å². The standard InChI is InChI=1S/C11H12ClNO5/c1-6-3-7(2)10(9(4-6)13(16)17)18-5-8(12)11(14)15/h3-4,8H,5H2,1-2H3,(H,14,15). The minimum absolute atomic E-state index is 0.0532. The van der Waals surface area contributed by atoms with E-state index in [2.05, 4.69) is 0 Å². The van der Waals surface area contributed by atoms with Gasteiger partial charge in [-0.3, -0.25) is 14.9 Å². The van der Waals surface area contributed by atoms with Crippen LogP contribution in [-0.4, -0.2) is 28.0 Å². The Hall–Kier alpha value is -1.82. The lowest BCUT2D eigenvalue weighted by molar-refractivity contribution is -0.386. The zero-order valence-corrected chi connectivity index (χ0v) is 10.6. The van der Waals surface area contributed by atoms with Gasteiger partial charge in [-0.15, -0.1) is 11.6 Å². The average Bonchev–Trinajstić information content (AvgIpc) is 2.26. The van der Waals surface area contributed by atoms with E-state index < -0.39 is 16.3 Å². The van der Waals surface area contributed by atoms with Crippen LogP contribution in [0.1, 0.15) is 11.1 Å². The van der Waals surface area contributed by atoms with Gasteiger partial charge in [-0.25, -0.2) is 0 Å².